The number of ether oxygens (including phenoxy) is 1. The molecule has 1 heterocycles. The number of carboxylic acids is 1. The van der Waals surface area contributed by atoms with Crippen molar-refractivity contribution in [3.8, 4) is 0 Å². The average Bonchev–Trinajstić information content (AvgIpc) is 3.19. The van der Waals surface area contributed by atoms with Crippen molar-refractivity contribution in [1.29, 1.82) is 0 Å². The van der Waals surface area contributed by atoms with Crippen molar-refractivity contribution in [3.63, 3.8) is 0 Å². The van der Waals surface area contributed by atoms with Gasteiger partial charge in [0, 0.05) is 24.3 Å². The topological polar surface area (TPSA) is 114 Å². The summed E-state index contributed by atoms with van der Waals surface area (Å²) in [5.74, 6) is -0.0479. The highest BCUT2D eigenvalue weighted by Crippen LogP contribution is 2.70. The van der Waals surface area contributed by atoms with E-state index in [1.54, 1.807) is 6.26 Å². The molecular formula is C33H46O7. The van der Waals surface area contributed by atoms with Crippen LogP contribution in [0, 0.1) is 22.7 Å². The molecule has 0 amide bonds. The Bertz CT molecular complexity index is 1160. The molecule has 1 aromatic heterocycles. The maximum absolute atomic E-state index is 12.5. The van der Waals surface area contributed by atoms with E-state index in [9.17, 15) is 19.5 Å². The molecule has 0 spiro atoms. The largest absolute Gasteiger partial charge is 0.481 e. The fourth-order valence-electron chi connectivity index (χ4n) is 9.16. The summed E-state index contributed by atoms with van der Waals surface area (Å²) in [6.07, 6.45) is 15.9. The summed E-state index contributed by atoms with van der Waals surface area (Å²) < 4.78 is 11.1. The molecule has 0 aromatic carbocycles. The molecule has 7 nitrogen and oxygen atoms in total. The van der Waals surface area contributed by atoms with Crippen LogP contribution in [-0.4, -0.2) is 33.9 Å². The van der Waals surface area contributed by atoms with E-state index in [1.165, 1.54) is 11.6 Å². The number of hydrogen-bond acceptors (Lipinski definition) is 6. The summed E-state index contributed by atoms with van der Waals surface area (Å²) in [5.41, 5.74) is 1.15. The predicted molar refractivity (Wildman–Crippen MR) is 151 cm³/mol. The number of carbonyl (C=O) groups is 2. The Kier molecular flexibility index (Phi) is 8.34. The molecule has 0 saturated heterocycles. The molecule has 5 rings (SSSR count). The first-order chi connectivity index (χ1) is 19.1. The second-order valence-electron chi connectivity index (χ2n) is 13.4. The lowest BCUT2D eigenvalue weighted by Gasteiger charge is -2.61. The Balaban J connectivity index is 1.19. The SMILES string of the molecule is C[C@]12CC[C@H](OC(=O)CCCCCCCC(=O)O)C=C1CCC1C2CC[C@]2(C)[C@@H](c3ccc(=O)oc3)CC[C@]12O. The fraction of sp³-hybridized carbons (Fsp3) is 0.727. The van der Waals surface area contributed by atoms with Gasteiger partial charge in [0.05, 0.1) is 11.9 Å². The normalized spacial score (nSPS) is 36.6. The smallest absolute Gasteiger partial charge is 0.335 e. The van der Waals surface area contributed by atoms with Crippen molar-refractivity contribution >= 4 is 11.9 Å². The molecule has 0 aliphatic heterocycles. The monoisotopic (exact) mass is 554 g/mol. The van der Waals surface area contributed by atoms with Crippen molar-refractivity contribution in [2.45, 2.75) is 128 Å². The van der Waals surface area contributed by atoms with Crippen molar-refractivity contribution in [3.05, 3.63) is 46.0 Å². The summed E-state index contributed by atoms with van der Waals surface area (Å²) in [6.45, 7) is 4.63. The first-order valence-corrected chi connectivity index (χ1v) is 15.5. The lowest BCUT2D eigenvalue weighted by Crippen LogP contribution is -2.60. The Morgan fingerprint density at radius 2 is 1.70 bits per heavy atom. The maximum Gasteiger partial charge on any atom is 0.335 e. The first kappa shape index (κ1) is 29.1. The molecular weight excluding hydrogens is 508 g/mol. The van der Waals surface area contributed by atoms with Crippen LogP contribution in [0.4, 0.5) is 0 Å². The number of esters is 1. The minimum atomic E-state index is -0.750. The van der Waals surface area contributed by atoms with Gasteiger partial charge in [-0.15, -0.1) is 0 Å². The molecule has 220 valence electrons. The van der Waals surface area contributed by atoms with Crippen molar-refractivity contribution in [2.75, 3.05) is 0 Å². The van der Waals surface area contributed by atoms with Crippen molar-refractivity contribution < 1.29 is 29.0 Å². The highest BCUT2D eigenvalue weighted by atomic mass is 16.5. The molecule has 4 aliphatic rings. The van der Waals surface area contributed by atoms with Gasteiger partial charge >= 0.3 is 17.6 Å². The van der Waals surface area contributed by atoms with Gasteiger partial charge in [-0.25, -0.2) is 4.79 Å². The van der Waals surface area contributed by atoms with Gasteiger partial charge in [-0.05, 0) is 105 Å². The molecule has 2 unspecified atom stereocenters. The fourth-order valence-corrected chi connectivity index (χ4v) is 9.16. The lowest BCUT2D eigenvalue weighted by molar-refractivity contribution is -0.178. The number of carboxylic acid groups (broad SMARTS) is 1. The molecule has 40 heavy (non-hydrogen) atoms. The number of fused-ring (bicyclic) bond motifs is 5. The number of unbranched alkanes of at least 4 members (excludes halogenated alkanes) is 4. The molecule has 7 atom stereocenters. The van der Waals surface area contributed by atoms with Crippen molar-refractivity contribution in [2.24, 2.45) is 22.7 Å². The standard InChI is InChI=1S/C33H46O7/c1-31-17-14-24(40-30(37)9-7-5-3-4-6-8-28(34)35)20-23(31)11-12-27-26(31)15-18-32(2)25(16-19-33(27,32)38)22-10-13-29(36)39-21-22/h10,13,20-21,24-27,38H,3-9,11-12,14-19H2,1-2H3,(H,34,35)/t24-,25+,26?,27?,31-,32+,33-/m0/s1. The number of hydrogen-bond donors (Lipinski definition) is 2. The molecule has 0 bridgehead atoms. The second kappa shape index (κ2) is 11.5. The van der Waals surface area contributed by atoms with Crippen LogP contribution in [0.1, 0.15) is 122 Å². The quantitative estimate of drug-likeness (QED) is 0.192. The van der Waals surface area contributed by atoms with Crippen LogP contribution in [0.25, 0.3) is 0 Å². The molecule has 3 saturated carbocycles. The summed E-state index contributed by atoms with van der Waals surface area (Å²) in [7, 11) is 0. The number of rotatable bonds is 10. The number of aliphatic hydroxyl groups is 1. The van der Waals surface area contributed by atoms with Crippen LogP contribution in [0.5, 0.6) is 0 Å². The van der Waals surface area contributed by atoms with Crippen LogP contribution in [-0.2, 0) is 14.3 Å². The van der Waals surface area contributed by atoms with Gasteiger partial charge in [-0.2, -0.15) is 0 Å². The molecule has 1 aromatic rings. The third kappa shape index (κ3) is 5.31. The van der Waals surface area contributed by atoms with Crippen LogP contribution in [0.15, 0.2) is 39.3 Å². The number of carbonyl (C=O) groups excluding carboxylic acids is 1. The Labute approximate surface area is 237 Å². The number of aliphatic carboxylic acids is 1. The average molecular weight is 555 g/mol. The highest BCUT2D eigenvalue weighted by Gasteiger charge is 2.66. The molecule has 7 heteroatoms. The van der Waals surface area contributed by atoms with Crippen LogP contribution < -0.4 is 5.63 Å². The third-order valence-electron chi connectivity index (χ3n) is 11.4. The summed E-state index contributed by atoms with van der Waals surface area (Å²) in [4.78, 5) is 34.7. The molecule has 2 N–H and O–H groups in total. The van der Waals surface area contributed by atoms with E-state index in [1.807, 2.05) is 6.07 Å². The number of allylic oxidation sites excluding steroid dienone is 1. The van der Waals surface area contributed by atoms with Gasteiger partial charge in [0.1, 0.15) is 6.10 Å². The Morgan fingerprint density at radius 3 is 2.42 bits per heavy atom. The predicted octanol–water partition coefficient (Wildman–Crippen LogP) is 6.53. The zero-order valence-corrected chi connectivity index (χ0v) is 24.2. The Hall–Kier alpha value is -2.41. The van der Waals surface area contributed by atoms with E-state index in [0.717, 1.165) is 82.6 Å². The minimum absolute atomic E-state index is 0.0243. The second-order valence-corrected chi connectivity index (χ2v) is 13.4. The van der Waals surface area contributed by atoms with Crippen LogP contribution >= 0.6 is 0 Å². The minimum Gasteiger partial charge on any atom is -0.481 e. The zero-order valence-electron chi connectivity index (χ0n) is 24.2. The van der Waals surface area contributed by atoms with Crippen LogP contribution in [0.3, 0.4) is 0 Å². The highest BCUT2D eigenvalue weighted by molar-refractivity contribution is 5.69. The zero-order chi connectivity index (χ0) is 28.5. The third-order valence-corrected chi connectivity index (χ3v) is 11.4. The van der Waals surface area contributed by atoms with Gasteiger partial charge in [0.2, 0.25) is 0 Å². The van der Waals surface area contributed by atoms with Gasteiger partial charge in [-0.1, -0.05) is 38.7 Å². The molecule has 3 fully saturated rings. The molecule has 0 radical (unpaired) electrons. The first-order valence-electron chi connectivity index (χ1n) is 15.5. The van der Waals surface area contributed by atoms with Gasteiger partial charge in [-0.3, -0.25) is 9.59 Å². The van der Waals surface area contributed by atoms with E-state index in [4.69, 9.17) is 14.3 Å². The van der Waals surface area contributed by atoms with E-state index in [0.29, 0.717) is 18.8 Å². The lowest BCUT2D eigenvalue weighted by atomic mass is 9.45. The summed E-state index contributed by atoms with van der Waals surface area (Å²) in [6, 6.07) is 3.38. The van der Waals surface area contributed by atoms with E-state index < -0.39 is 11.6 Å². The van der Waals surface area contributed by atoms with Gasteiger partial charge in [0.25, 0.3) is 0 Å². The van der Waals surface area contributed by atoms with Gasteiger partial charge in [0.15, 0.2) is 0 Å². The summed E-state index contributed by atoms with van der Waals surface area (Å²) >= 11 is 0. The van der Waals surface area contributed by atoms with Gasteiger partial charge < -0.3 is 19.4 Å². The van der Waals surface area contributed by atoms with E-state index >= 15 is 0 Å². The van der Waals surface area contributed by atoms with E-state index in [2.05, 4.69) is 19.9 Å². The summed E-state index contributed by atoms with van der Waals surface area (Å²) in [5, 5.41) is 21.1. The molecule has 4 aliphatic carbocycles. The van der Waals surface area contributed by atoms with Crippen LogP contribution in [0.2, 0.25) is 0 Å². The maximum atomic E-state index is 12.5. The Morgan fingerprint density at radius 1 is 0.950 bits per heavy atom. The van der Waals surface area contributed by atoms with E-state index in [-0.39, 0.29) is 46.8 Å². The van der Waals surface area contributed by atoms with Crippen molar-refractivity contribution in [1.82, 2.24) is 0 Å².